The Morgan fingerprint density at radius 1 is 1.33 bits per heavy atom. The lowest BCUT2D eigenvalue weighted by Gasteiger charge is -2.38. The Hall–Kier alpha value is -2.55. The van der Waals surface area contributed by atoms with Crippen molar-refractivity contribution >= 4 is 28.1 Å². The normalized spacial score (nSPS) is 25.4. The fourth-order valence-electron chi connectivity index (χ4n) is 3.86. The first-order valence-corrected chi connectivity index (χ1v) is 9.95. The molecular weight excluding hydrogens is 366 g/mol. The molecule has 0 saturated carbocycles. The summed E-state index contributed by atoms with van der Waals surface area (Å²) < 4.78 is 1.17. The summed E-state index contributed by atoms with van der Waals surface area (Å²) in [6.45, 7) is 1.78. The SMILES string of the molecule is Cc1nn2c(=O)c(C(=O)N[C@@H]3CCC(=O)N[C@H]3[C@@H]3CC=CCC3)cnc2s1. The number of piperidine rings is 1. The van der Waals surface area contributed by atoms with Crippen LogP contribution in [0.4, 0.5) is 0 Å². The van der Waals surface area contributed by atoms with Gasteiger partial charge in [-0.2, -0.15) is 9.61 Å². The van der Waals surface area contributed by atoms with Gasteiger partial charge in [0.25, 0.3) is 11.5 Å². The van der Waals surface area contributed by atoms with E-state index in [4.69, 9.17) is 0 Å². The largest absolute Gasteiger partial charge is 0.351 e. The molecule has 2 aromatic rings. The van der Waals surface area contributed by atoms with Crippen molar-refractivity contribution in [1.29, 1.82) is 0 Å². The zero-order chi connectivity index (χ0) is 19.0. The lowest BCUT2D eigenvalue weighted by molar-refractivity contribution is -0.124. The molecule has 0 bridgehead atoms. The summed E-state index contributed by atoms with van der Waals surface area (Å²) in [6, 6.07) is -0.329. The molecule has 2 aliphatic rings. The van der Waals surface area contributed by atoms with E-state index in [9.17, 15) is 14.4 Å². The molecule has 0 aromatic carbocycles. The first kappa shape index (κ1) is 17.8. The van der Waals surface area contributed by atoms with Gasteiger partial charge in [-0.05, 0) is 38.5 Å². The molecule has 1 fully saturated rings. The van der Waals surface area contributed by atoms with Crippen LogP contribution in [-0.2, 0) is 4.79 Å². The highest BCUT2D eigenvalue weighted by molar-refractivity contribution is 7.16. The molecule has 1 aliphatic heterocycles. The lowest BCUT2D eigenvalue weighted by Crippen LogP contribution is -2.58. The van der Waals surface area contributed by atoms with Crippen LogP contribution in [0.1, 0.15) is 47.5 Å². The Morgan fingerprint density at radius 3 is 2.96 bits per heavy atom. The van der Waals surface area contributed by atoms with Gasteiger partial charge in [0.2, 0.25) is 10.9 Å². The number of carbonyl (C=O) groups excluding carboxylic acids is 2. The smallest absolute Gasteiger partial charge is 0.288 e. The third kappa shape index (κ3) is 3.51. The molecule has 0 spiro atoms. The van der Waals surface area contributed by atoms with Gasteiger partial charge in [0.15, 0.2) is 0 Å². The van der Waals surface area contributed by atoms with Crippen molar-refractivity contribution in [3.05, 3.63) is 39.3 Å². The highest BCUT2D eigenvalue weighted by atomic mass is 32.1. The van der Waals surface area contributed by atoms with Gasteiger partial charge in [-0.3, -0.25) is 14.4 Å². The molecule has 27 heavy (non-hydrogen) atoms. The van der Waals surface area contributed by atoms with Crippen LogP contribution in [0.15, 0.2) is 23.1 Å². The summed E-state index contributed by atoms with van der Waals surface area (Å²) >= 11 is 1.30. The number of carbonyl (C=O) groups is 2. The number of rotatable bonds is 3. The van der Waals surface area contributed by atoms with Gasteiger partial charge >= 0.3 is 0 Å². The summed E-state index contributed by atoms with van der Waals surface area (Å²) in [5.41, 5.74) is -0.504. The molecule has 142 valence electrons. The molecule has 3 heterocycles. The van der Waals surface area contributed by atoms with Crippen LogP contribution in [0.3, 0.4) is 0 Å². The van der Waals surface area contributed by atoms with Crippen molar-refractivity contribution in [1.82, 2.24) is 25.2 Å². The van der Waals surface area contributed by atoms with Crippen LogP contribution < -0.4 is 16.2 Å². The second-order valence-electron chi connectivity index (χ2n) is 7.05. The first-order chi connectivity index (χ1) is 13.0. The van der Waals surface area contributed by atoms with Gasteiger partial charge in [0, 0.05) is 12.6 Å². The van der Waals surface area contributed by atoms with E-state index in [-0.39, 0.29) is 29.5 Å². The van der Waals surface area contributed by atoms with Crippen molar-refractivity contribution in [3.8, 4) is 0 Å². The third-order valence-electron chi connectivity index (χ3n) is 5.21. The van der Waals surface area contributed by atoms with Gasteiger partial charge < -0.3 is 10.6 Å². The number of nitrogens with one attached hydrogen (secondary N) is 2. The van der Waals surface area contributed by atoms with Crippen LogP contribution >= 0.6 is 11.3 Å². The number of hydrogen-bond donors (Lipinski definition) is 2. The number of amides is 2. The van der Waals surface area contributed by atoms with Crippen molar-refractivity contribution in [2.75, 3.05) is 0 Å². The Bertz CT molecular complexity index is 979. The maximum atomic E-state index is 12.8. The molecule has 2 amide bonds. The summed E-state index contributed by atoms with van der Waals surface area (Å²) in [6.07, 6.45) is 9.34. The van der Waals surface area contributed by atoms with Crippen molar-refractivity contribution in [2.24, 2.45) is 5.92 Å². The average Bonchev–Trinajstić information content (AvgIpc) is 3.05. The maximum Gasteiger partial charge on any atom is 0.288 e. The number of hydrogen-bond acceptors (Lipinski definition) is 6. The molecule has 2 aromatic heterocycles. The van der Waals surface area contributed by atoms with Crippen molar-refractivity contribution < 1.29 is 9.59 Å². The minimum atomic E-state index is -0.473. The molecule has 4 rings (SSSR count). The molecular formula is C18H21N5O3S. The van der Waals surface area contributed by atoms with E-state index < -0.39 is 11.5 Å². The molecule has 2 N–H and O–H groups in total. The molecule has 0 radical (unpaired) electrons. The van der Waals surface area contributed by atoms with E-state index in [0.717, 1.165) is 19.3 Å². The number of nitrogens with zero attached hydrogens (tertiary/aromatic N) is 3. The zero-order valence-electron chi connectivity index (χ0n) is 15.0. The number of fused-ring (bicyclic) bond motifs is 1. The fourth-order valence-corrected chi connectivity index (χ4v) is 4.56. The topological polar surface area (TPSA) is 105 Å². The Kier molecular flexibility index (Phi) is 4.77. The predicted octanol–water partition coefficient (Wildman–Crippen LogP) is 1.19. The molecule has 1 aliphatic carbocycles. The van der Waals surface area contributed by atoms with E-state index in [1.54, 1.807) is 6.92 Å². The van der Waals surface area contributed by atoms with Crippen LogP contribution in [0.5, 0.6) is 0 Å². The highest BCUT2D eigenvalue weighted by Gasteiger charge is 2.35. The average molecular weight is 387 g/mol. The molecule has 8 nitrogen and oxygen atoms in total. The highest BCUT2D eigenvalue weighted by Crippen LogP contribution is 2.27. The van der Waals surface area contributed by atoms with Crippen LogP contribution in [-0.4, -0.2) is 38.5 Å². The van der Waals surface area contributed by atoms with E-state index >= 15 is 0 Å². The van der Waals surface area contributed by atoms with E-state index in [1.165, 1.54) is 22.0 Å². The van der Waals surface area contributed by atoms with Gasteiger partial charge in [-0.25, -0.2) is 4.98 Å². The Balaban J connectivity index is 1.57. The summed E-state index contributed by atoms with van der Waals surface area (Å²) in [4.78, 5) is 41.9. The molecule has 0 unspecified atom stereocenters. The Labute approximate surface area is 159 Å². The number of aromatic nitrogens is 3. The van der Waals surface area contributed by atoms with Crippen LogP contribution in [0.2, 0.25) is 0 Å². The fraction of sp³-hybridized carbons (Fsp3) is 0.500. The van der Waals surface area contributed by atoms with Crippen molar-refractivity contribution in [2.45, 2.75) is 51.1 Å². The molecule has 9 heteroatoms. The van der Waals surface area contributed by atoms with E-state index in [1.807, 2.05) is 0 Å². The van der Waals surface area contributed by atoms with Gasteiger partial charge in [0.05, 0.1) is 12.1 Å². The minimum absolute atomic E-state index is 0.0150. The molecule has 1 saturated heterocycles. The van der Waals surface area contributed by atoms with Crippen molar-refractivity contribution in [3.63, 3.8) is 0 Å². The van der Waals surface area contributed by atoms with Gasteiger partial charge in [-0.1, -0.05) is 23.5 Å². The van der Waals surface area contributed by atoms with E-state index in [0.29, 0.717) is 22.8 Å². The third-order valence-corrected chi connectivity index (χ3v) is 6.05. The van der Waals surface area contributed by atoms with Gasteiger partial charge in [-0.15, -0.1) is 0 Å². The summed E-state index contributed by atoms with van der Waals surface area (Å²) in [5, 5.41) is 10.8. The van der Waals surface area contributed by atoms with Crippen LogP contribution in [0.25, 0.3) is 4.96 Å². The van der Waals surface area contributed by atoms with Gasteiger partial charge in [0.1, 0.15) is 10.6 Å². The predicted molar refractivity (Wildman–Crippen MR) is 101 cm³/mol. The van der Waals surface area contributed by atoms with Crippen LogP contribution in [0, 0.1) is 12.8 Å². The first-order valence-electron chi connectivity index (χ1n) is 9.13. The monoisotopic (exact) mass is 387 g/mol. The number of aryl methyl sites for hydroxylation is 1. The minimum Gasteiger partial charge on any atom is -0.351 e. The Morgan fingerprint density at radius 2 is 2.19 bits per heavy atom. The quantitative estimate of drug-likeness (QED) is 0.770. The second kappa shape index (κ2) is 7.22. The lowest BCUT2D eigenvalue weighted by atomic mass is 9.81. The van der Waals surface area contributed by atoms with E-state index in [2.05, 4.69) is 32.9 Å². The standard InChI is InChI=1S/C18H21N5O3S/c1-10-22-23-17(26)12(9-19-18(23)27-10)16(25)20-13-7-8-14(24)21-15(13)11-5-3-2-4-6-11/h2-3,9,11,13,15H,4-8H2,1H3,(H,20,25)(H,21,24)/t11-,13-,15+/m1/s1. The maximum absolute atomic E-state index is 12.8. The zero-order valence-corrected chi connectivity index (χ0v) is 15.8. The second-order valence-corrected chi connectivity index (χ2v) is 8.21. The number of allylic oxidation sites excluding steroid dienone is 2. The molecule has 3 atom stereocenters. The summed E-state index contributed by atoms with van der Waals surface area (Å²) in [7, 11) is 0. The summed E-state index contributed by atoms with van der Waals surface area (Å²) in [5.74, 6) is -0.168.